The number of halogens is 3. The summed E-state index contributed by atoms with van der Waals surface area (Å²) in [7, 11) is 0. The standard InChI is InChI=1S/C21H28F3N3O2/c1-14(25-13-21(22,23)24)15-5-6-18(28)16(11-15)12-19(29)26-17-7-9-27(10-8-17)20(2,3)4/h5-9,11,14,25,28H,10,12-13H2,1-4H3,(H,26,29). The molecule has 0 saturated heterocycles. The van der Waals surface area contributed by atoms with Crippen LogP contribution in [0.1, 0.15) is 44.9 Å². The van der Waals surface area contributed by atoms with Crippen LogP contribution in [0.3, 0.4) is 0 Å². The van der Waals surface area contributed by atoms with E-state index in [4.69, 9.17) is 0 Å². The van der Waals surface area contributed by atoms with Gasteiger partial charge in [-0.15, -0.1) is 0 Å². The third-order valence-electron chi connectivity index (χ3n) is 4.65. The van der Waals surface area contributed by atoms with E-state index >= 15 is 0 Å². The zero-order valence-corrected chi connectivity index (χ0v) is 17.1. The Balaban J connectivity index is 1.98. The van der Waals surface area contributed by atoms with Gasteiger partial charge in [0.2, 0.25) is 5.91 Å². The van der Waals surface area contributed by atoms with E-state index in [1.807, 2.05) is 18.4 Å². The van der Waals surface area contributed by atoms with Gasteiger partial charge in [-0.05, 0) is 51.5 Å². The Kier molecular flexibility index (Phi) is 7.00. The first-order valence-electron chi connectivity index (χ1n) is 9.42. The predicted octanol–water partition coefficient (Wildman–Crippen LogP) is 3.78. The molecule has 1 aromatic rings. The Morgan fingerprint density at radius 1 is 1.28 bits per heavy atom. The fourth-order valence-corrected chi connectivity index (χ4v) is 2.87. The molecule has 1 atom stereocenters. The van der Waals surface area contributed by atoms with E-state index in [9.17, 15) is 23.1 Å². The lowest BCUT2D eigenvalue weighted by Gasteiger charge is -2.35. The van der Waals surface area contributed by atoms with E-state index < -0.39 is 18.8 Å². The van der Waals surface area contributed by atoms with E-state index in [0.29, 0.717) is 23.4 Å². The zero-order chi connectivity index (χ0) is 21.8. The van der Waals surface area contributed by atoms with E-state index in [0.717, 1.165) is 0 Å². The van der Waals surface area contributed by atoms with Crippen molar-refractivity contribution < 1.29 is 23.1 Å². The number of nitrogens with one attached hydrogen (secondary N) is 2. The highest BCUT2D eigenvalue weighted by Crippen LogP contribution is 2.24. The van der Waals surface area contributed by atoms with E-state index in [1.165, 1.54) is 12.1 Å². The van der Waals surface area contributed by atoms with Crippen molar-refractivity contribution in [2.75, 3.05) is 13.1 Å². The first kappa shape index (κ1) is 22.8. The average molecular weight is 411 g/mol. The number of hydrogen-bond acceptors (Lipinski definition) is 4. The first-order valence-corrected chi connectivity index (χ1v) is 9.42. The minimum absolute atomic E-state index is 0.0222. The lowest BCUT2D eigenvalue weighted by molar-refractivity contribution is -0.126. The summed E-state index contributed by atoms with van der Waals surface area (Å²) in [4.78, 5) is 14.5. The molecule has 8 heteroatoms. The van der Waals surface area contributed by atoms with Crippen molar-refractivity contribution in [1.82, 2.24) is 15.5 Å². The second kappa shape index (κ2) is 8.90. The maximum absolute atomic E-state index is 12.4. The number of phenolic OH excluding ortho intramolecular Hbond substituents is 1. The molecule has 0 bridgehead atoms. The van der Waals surface area contributed by atoms with Gasteiger partial charge in [0.05, 0.1) is 13.0 Å². The molecule has 0 spiro atoms. The van der Waals surface area contributed by atoms with Gasteiger partial charge < -0.3 is 20.6 Å². The molecule has 0 aromatic heterocycles. The van der Waals surface area contributed by atoms with Crippen molar-refractivity contribution in [2.45, 2.75) is 51.9 Å². The first-order chi connectivity index (χ1) is 13.3. The SMILES string of the molecule is CC(NCC(F)(F)F)c1ccc(O)c(CC(=O)NC2=CCN(C(C)(C)C)C=C2)c1. The average Bonchev–Trinajstić information content (AvgIpc) is 2.60. The Morgan fingerprint density at radius 3 is 2.52 bits per heavy atom. The van der Waals surface area contributed by atoms with E-state index in [1.54, 1.807) is 13.0 Å². The van der Waals surface area contributed by atoms with Crippen LogP contribution in [-0.2, 0) is 11.2 Å². The van der Waals surface area contributed by atoms with Crippen LogP contribution in [-0.4, -0.2) is 40.7 Å². The second-order valence-corrected chi connectivity index (χ2v) is 8.13. The van der Waals surface area contributed by atoms with Crippen LogP contribution in [0.15, 0.2) is 42.2 Å². The molecule has 1 unspecified atom stereocenters. The van der Waals surface area contributed by atoms with Gasteiger partial charge in [-0.3, -0.25) is 4.79 Å². The number of benzene rings is 1. The van der Waals surface area contributed by atoms with Gasteiger partial charge in [0.1, 0.15) is 5.75 Å². The van der Waals surface area contributed by atoms with E-state index in [-0.39, 0.29) is 23.6 Å². The van der Waals surface area contributed by atoms with E-state index in [2.05, 4.69) is 36.3 Å². The highest BCUT2D eigenvalue weighted by atomic mass is 19.4. The third-order valence-corrected chi connectivity index (χ3v) is 4.65. The van der Waals surface area contributed by atoms with Gasteiger partial charge >= 0.3 is 6.18 Å². The molecule has 1 amide bonds. The molecule has 0 radical (unpaired) electrons. The number of phenols is 1. The smallest absolute Gasteiger partial charge is 0.401 e. The molecule has 3 N–H and O–H groups in total. The molecule has 29 heavy (non-hydrogen) atoms. The van der Waals surface area contributed by atoms with Crippen LogP contribution < -0.4 is 10.6 Å². The number of nitrogens with zero attached hydrogens (tertiary/aromatic N) is 1. The summed E-state index contributed by atoms with van der Waals surface area (Å²) < 4.78 is 37.2. The summed E-state index contributed by atoms with van der Waals surface area (Å²) in [5.74, 6) is -0.382. The number of carbonyl (C=O) groups is 1. The van der Waals surface area contributed by atoms with Crippen LogP contribution in [0.5, 0.6) is 5.75 Å². The summed E-state index contributed by atoms with van der Waals surface area (Å²) in [5.41, 5.74) is 1.57. The van der Waals surface area contributed by atoms with Crippen molar-refractivity contribution in [1.29, 1.82) is 0 Å². The van der Waals surface area contributed by atoms with Crippen molar-refractivity contribution in [3.63, 3.8) is 0 Å². The molecule has 1 aromatic carbocycles. The highest BCUT2D eigenvalue weighted by Gasteiger charge is 2.27. The van der Waals surface area contributed by atoms with Gasteiger partial charge in [-0.1, -0.05) is 12.1 Å². The molecule has 160 valence electrons. The number of alkyl halides is 3. The molecule has 0 saturated carbocycles. The van der Waals surface area contributed by atoms with Crippen LogP contribution >= 0.6 is 0 Å². The molecule has 5 nitrogen and oxygen atoms in total. The maximum Gasteiger partial charge on any atom is 0.401 e. The maximum atomic E-state index is 12.4. The molecule has 1 aliphatic heterocycles. The quantitative estimate of drug-likeness (QED) is 0.667. The van der Waals surface area contributed by atoms with Crippen LogP contribution in [0.2, 0.25) is 0 Å². The Morgan fingerprint density at radius 2 is 1.97 bits per heavy atom. The minimum Gasteiger partial charge on any atom is -0.508 e. The Bertz CT molecular complexity index is 795. The summed E-state index contributed by atoms with van der Waals surface area (Å²) in [6.45, 7) is 7.43. The topological polar surface area (TPSA) is 64.6 Å². The molecular formula is C21H28F3N3O2. The lowest BCUT2D eigenvalue weighted by Crippen LogP contribution is -2.39. The Hall–Kier alpha value is -2.48. The molecule has 1 aliphatic rings. The van der Waals surface area contributed by atoms with Crippen molar-refractivity contribution in [3.8, 4) is 5.75 Å². The molecule has 0 fully saturated rings. The number of rotatable bonds is 6. The highest BCUT2D eigenvalue weighted by molar-refractivity contribution is 5.81. The van der Waals surface area contributed by atoms with Crippen LogP contribution in [0.4, 0.5) is 13.2 Å². The number of aromatic hydroxyl groups is 1. The summed E-state index contributed by atoms with van der Waals surface area (Å²) in [5, 5.41) is 15.2. The Labute approximate surface area is 169 Å². The second-order valence-electron chi connectivity index (χ2n) is 8.13. The van der Waals surface area contributed by atoms with Crippen LogP contribution in [0, 0.1) is 0 Å². The fourth-order valence-electron chi connectivity index (χ4n) is 2.87. The summed E-state index contributed by atoms with van der Waals surface area (Å²) in [6.07, 6.45) is 1.24. The minimum atomic E-state index is -4.31. The summed E-state index contributed by atoms with van der Waals surface area (Å²) >= 11 is 0. The summed E-state index contributed by atoms with van der Waals surface area (Å²) in [6, 6.07) is 3.91. The fraction of sp³-hybridized carbons (Fsp3) is 0.476. The molecule has 0 aliphatic carbocycles. The van der Waals surface area contributed by atoms with Crippen molar-refractivity contribution >= 4 is 5.91 Å². The predicted molar refractivity (Wildman–Crippen MR) is 106 cm³/mol. The molecule has 1 heterocycles. The van der Waals surface area contributed by atoms with Gasteiger partial charge in [-0.25, -0.2) is 0 Å². The van der Waals surface area contributed by atoms with Crippen LogP contribution in [0.25, 0.3) is 0 Å². The largest absolute Gasteiger partial charge is 0.508 e. The molecule has 2 rings (SSSR count). The lowest BCUT2D eigenvalue weighted by atomic mass is 10.0. The number of carbonyl (C=O) groups excluding carboxylic acids is 1. The third kappa shape index (κ3) is 7.12. The number of amides is 1. The van der Waals surface area contributed by atoms with Gasteiger partial charge in [-0.2, -0.15) is 13.2 Å². The van der Waals surface area contributed by atoms with Crippen molar-refractivity contribution in [2.24, 2.45) is 0 Å². The van der Waals surface area contributed by atoms with Gasteiger partial charge in [0.15, 0.2) is 0 Å². The molecular weight excluding hydrogens is 383 g/mol. The number of allylic oxidation sites excluding steroid dienone is 1. The van der Waals surface area contributed by atoms with Crippen molar-refractivity contribution in [3.05, 3.63) is 53.4 Å². The normalized spacial score (nSPS) is 15.8. The number of hydrogen-bond donors (Lipinski definition) is 3. The van der Waals surface area contributed by atoms with Gasteiger partial charge in [0, 0.05) is 35.6 Å². The monoisotopic (exact) mass is 411 g/mol. The zero-order valence-electron chi connectivity index (χ0n) is 17.1. The van der Waals surface area contributed by atoms with Gasteiger partial charge in [0.25, 0.3) is 0 Å².